The molecule has 3 aromatic carbocycles. The predicted molar refractivity (Wildman–Crippen MR) is 95.5 cm³/mol. The number of ketones is 1. The fourth-order valence-corrected chi connectivity index (χ4v) is 2.57. The number of phenols is 2. The number of aryl methyl sites for hydroxylation is 1. The van der Waals surface area contributed by atoms with Crippen molar-refractivity contribution in [2.45, 2.75) is 13.3 Å². The second-order valence-electron chi connectivity index (χ2n) is 5.60. The van der Waals surface area contributed by atoms with Gasteiger partial charge in [0.1, 0.15) is 11.5 Å². The molecule has 0 aliphatic heterocycles. The molecule has 0 aliphatic rings. The van der Waals surface area contributed by atoms with E-state index in [2.05, 4.69) is 0 Å². The molecule has 0 heterocycles. The van der Waals surface area contributed by atoms with E-state index in [-0.39, 0.29) is 23.0 Å². The van der Waals surface area contributed by atoms with Gasteiger partial charge in [-0.25, -0.2) is 0 Å². The topological polar surface area (TPSA) is 66.8 Å². The Kier molecular flexibility index (Phi) is 4.70. The number of hydrogen-bond acceptors (Lipinski definition) is 4. The first-order chi connectivity index (χ1) is 12.1. The molecule has 0 aliphatic carbocycles. The molecule has 4 heteroatoms. The van der Waals surface area contributed by atoms with Gasteiger partial charge < -0.3 is 14.9 Å². The van der Waals surface area contributed by atoms with Gasteiger partial charge >= 0.3 is 0 Å². The Hall–Kier alpha value is -3.27. The van der Waals surface area contributed by atoms with Crippen molar-refractivity contribution in [1.82, 2.24) is 0 Å². The van der Waals surface area contributed by atoms with Crippen LogP contribution in [0.4, 0.5) is 0 Å². The summed E-state index contributed by atoms with van der Waals surface area (Å²) in [7, 11) is 0. The third-order valence-corrected chi connectivity index (χ3v) is 3.93. The van der Waals surface area contributed by atoms with Gasteiger partial charge in [0.15, 0.2) is 17.3 Å². The fraction of sp³-hybridized carbons (Fsp3) is 0.0952. The van der Waals surface area contributed by atoms with Crippen molar-refractivity contribution in [3.8, 4) is 23.0 Å². The van der Waals surface area contributed by atoms with Crippen LogP contribution in [0.1, 0.15) is 28.4 Å². The molecule has 0 atom stereocenters. The van der Waals surface area contributed by atoms with E-state index in [1.165, 1.54) is 12.1 Å². The first kappa shape index (κ1) is 16.6. The van der Waals surface area contributed by atoms with Crippen LogP contribution in [0.15, 0.2) is 66.7 Å². The van der Waals surface area contributed by atoms with E-state index >= 15 is 0 Å². The van der Waals surface area contributed by atoms with Crippen LogP contribution in [0, 0.1) is 0 Å². The molecule has 0 radical (unpaired) electrons. The molecule has 0 spiro atoms. The fourth-order valence-electron chi connectivity index (χ4n) is 2.57. The lowest BCUT2D eigenvalue weighted by atomic mass is 10.0. The lowest BCUT2D eigenvalue weighted by molar-refractivity contribution is 0.103. The van der Waals surface area contributed by atoms with Gasteiger partial charge in [-0.15, -0.1) is 0 Å². The zero-order valence-corrected chi connectivity index (χ0v) is 13.8. The van der Waals surface area contributed by atoms with Crippen LogP contribution in [0.25, 0.3) is 0 Å². The van der Waals surface area contributed by atoms with Crippen molar-refractivity contribution in [1.29, 1.82) is 0 Å². The largest absolute Gasteiger partial charge is 0.508 e. The number of benzene rings is 3. The summed E-state index contributed by atoms with van der Waals surface area (Å²) in [6.07, 6.45) is 0.586. The minimum Gasteiger partial charge on any atom is -0.508 e. The van der Waals surface area contributed by atoms with Crippen molar-refractivity contribution in [3.05, 3.63) is 83.4 Å². The summed E-state index contributed by atoms with van der Waals surface area (Å²) >= 11 is 0. The van der Waals surface area contributed by atoms with Crippen molar-refractivity contribution in [2.75, 3.05) is 0 Å². The Balaban J connectivity index is 1.97. The standard InChI is InChI=1S/C21H18O4/c1-2-14-12-18(23)20(13-17(14)22)25-19-11-7-6-10-16(19)21(24)15-8-4-3-5-9-15/h3-13,22-23H,2H2,1H3. The maximum atomic E-state index is 12.7. The minimum absolute atomic E-state index is 0.0437. The second-order valence-corrected chi connectivity index (χ2v) is 5.60. The van der Waals surface area contributed by atoms with Crippen LogP contribution < -0.4 is 4.74 Å². The first-order valence-electron chi connectivity index (χ1n) is 8.01. The lowest BCUT2D eigenvalue weighted by Crippen LogP contribution is -2.03. The van der Waals surface area contributed by atoms with Gasteiger partial charge in [-0.3, -0.25) is 4.79 Å². The quantitative estimate of drug-likeness (QED) is 0.525. The van der Waals surface area contributed by atoms with E-state index in [0.29, 0.717) is 28.9 Å². The van der Waals surface area contributed by atoms with Crippen molar-refractivity contribution in [2.24, 2.45) is 0 Å². The maximum absolute atomic E-state index is 12.7. The smallest absolute Gasteiger partial charge is 0.196 e. The molecule has 0 bridgehead atoms. The number of carbonyl (C=O) groups is 1. The Bertz CT molecular complexity index is 901. The number of phenolic OH excluding ortho intramolecular Hbond substituents is 2. The van der Waals surface area contributed by atoms with Gasteiger partial charge in [0.25, 0.3) is 0 Å². The number of aromatic hydroxyl groups is 2. The van der Waals surface area contributed by atoms with Gasteiger partial charge in [-0.2, -0.15) is 0 Å². The summed E-state index contributed by atoms with van der Waals surface area (Å²) in [6, 6.07) is 18.5. The zero-order valence-electron chi connectivity index (χ0n) is 13.8. The molecule has 3 aromatic rings. The maximum Gasteiger partial charge on any atom is 0.196 e. The van der Waals surface area contributed by atoms with Crippen LogP contribution in [-0.2, 0) is 6.42 Å². The van der Waals surface area contributed by atoms with E-state index < -0.39 is 0 Å². The van der Waals surface area contributed by atoms with Gasteiger partial charge in [-0.1, -0.05) is 49.4 Å². The highest BCUT2D eigenvalue weighted by Gasteiger charge is 2.16. The SMILES string of the molecule is CCc1cc(O)c(Oc2ccccc2C(=O)c2ccccc2)cc1O. The van der Waals surface area contributed by atoms with E-state index in [0.717, 1.165) is 0 Å². The molecule has 3 rings (SSSR count). The molecule has 0 saturated heterocycles. The summed E-state index contributed by atoms with van der Waals surface area (Å²) in [5.41, 5.74) is 1.55. The molecule has 0 saturated carbocycles. The number of hydrogen-bond donors (Lipinski definition) is 2. The van der Waals surface area contributed by atoms with Crippen molar-refractivity contribution >= 4 is 5.78 Å². The monoisotopic (exact) mass is 334 g/mol. The average Bonchev–Trinajstić information content (AvgIpc) is 2.65. The first-order valence-corrected chi connectivity index (χ1v) is 8.01. The molecule has 0 unspecified atom stereocenters. The van der Waals surface area contributed by atoms with Gasteiger partial charge in [-0.05, 0) is 30.2 Å². The summed E-state index contributed by atoms with van der Waals surface area (Å²) in [5, 5.41) is 20.1. The third kappa shape index (κ3) is 3.48. The van der Waals surface area contributed by atoms with Crippen molar-refractivity contribution < 1.29 is 19.7 Å². The summed E-state index contributed by atoms with van der Waals surface area (Å²) in [6.45, 7) is 1.88. The van der Waals surface area contributed by atoms with E-state index in [1.807, 2.05) is 13.0 Å². The van der Waals surface area contributed by atoms with E-state index in [9.17, 15) is 15.0 Å². The highest BCUT2D eigenvalue weighted by molar-refractivity contribution is 6.10. The van der Waals surface area contributed by atoms with Crippen LogP contribution >= 0.6 is 0 Å². The lowest BCUT2D eigenvalue weighted by Gasteiger charge is -2.13. The number of para-hydroxylation sites is 1. The van der Waals surface area contributed by atoms with Gasteiger partial charge in [0.2, 0.25) is 0 Å². The highest BCUT2D eigenvalue weighted by Crippen LogP contribution is 2.37. The Labute approximate surface area is 146 Å². The van der Waals surface area contributed by atoms with Crippen LogP contribution in [0.3, 0.4) is 0 Å². The molecular weight excluding hydrogens is 316 g/mol. The van der Waals surface area contributed by atoms with E-state index in [1.54, 1.807) is 48.5 Å². The molecule has 126 valence electrons. The summed E-state index contributed by atoms with van der Waals surface area (Å²) in [4.78, 5) is 12.7. The summed E-state index contributed by atoms with van der Waals surface area (Å²) in [5.74, 6) is 0.196. The zero-order chi connectivity index (χ0) is 17.8. The van der Waals surface area contributed by atoms with E-state index in [4.69, 9.17) is 4.74 Å². The molecule has 25 heavy (non-hydrogen) atoms. The normalized spacial score (nSPS) is 10.4. The average molecular weight is 334 g/mol. The predicted octanol–water partition coefficient (Wildman–Crippen LogP) is 4.68. The Morgan fingerprint density at radius 2 is 1.56 bits per heavy atom. The Morgan fingerprint density at radius 3 is 2.28 bits per heavy atom. The van der Waals surface area contributed by atoms with Crippen LogP contribution in [0.2, 0.25) is 0 Å². The van der Waals surface area contributed by atoms with Crippen molar-refractivity contribution in [3.63, 3.8) is 0 Å². The summed E-state index contributed by atoms with van der Waals surface area (Å²) < 4.78 is 5.73. The highest BCUT2D eigenvalue weighted by atomic mass is 16.5. The molecule has 2 N–H and O–H groups in total. The number of carbonyl (C=O) groups excluding carboxylic acids is 1. The molecular formula is C21H18O4. The Morgan fingerprint density at radius 1 is 0.880 bits per heavy atom. The molecule has 0 fully saturated rings. The van der Waals surface area contributed by atoms with Crippen LogP contribution in [-0.4, -0.2) is 16.0 Å². The number of rotatable bonds is 5. The molecule has 4 nitrogen and oxygen atoms in total. The third-order valence-electron chi connectivity index (χ3n) is 3.93. The second kappa shape index (κ2) is 7.09. The van der Waals surface area contributed by atoms with Crippen LogP contribution in [0.5, 0.6) is 23.0 Å². The minimum atomic E-state index is -0.176. The van der Waals surface area contributed by atoms with Gasteiger partial charge in [0.05, 0.1) is 5.56 Å². The van der Waals surface area contributed by atoms with Gasteiger partial charge in [0, 0.05) is 11.6 Å². The molecule has 0 aromatic heterocycles. The molecule has 0 amide bonds. The number of ether oxygens (including phenoxy) is 1.